The van der Waals surface area contributed by atoms with Crippen LogP contribution >= 0.6 is 0 Å². The number of ether oxygens (including phenoxy) is 10. The summed E-state index contributed by atoms with van der Waals surface area (Å²) in [4.78, 5) is 0. The minimum Gasteiger partial charge on any atom is -0.361 e. The molecule has 438 valence electrons. The van der Waals surface area contributed by atoms with E-state index in [1.807, 2.05) is 55.4 Å². The van der Waals surface area contributed by atoms with E-state index >= 15 is 0 Å². The maximum absolute atomic E-state index is 7.41. The van der Waals surface area contributed by atoms with E-state index < -0.39 is 34.4 Å². The molecule has 0 aromatic heterocycles. The molecule has 0 amide bonds. The number of hydrogen-bond donors (Lipinski definition) is 0. The summed E-state index contributed by atoms with van der Waals surface area (Å²) >= 11 is 0. The summed E-state index contributed by atoms with van der Waals surface area (Å²) in [6.07, 6.45) is 1.15. The number of benzene rings is 6. The van der Waals surface area contributed by atoms with E-state index in [0.29, 0.717) is 38.9 Å². The first kappa shape index (κ1) is 60.1. The molecule has 4 fully saturated rings. The summed E-state index contributed by atoms with van der Waals surface area (Å²) < 4.78 is 69.9. The highest BCUT2D eigenvalue weighted by molar-refractivity contribution is 5.49. The first-order chi connectivity index (χ1) is 39.2. The molecule has 4 heterocycles. The molecule has 0 spiro atoms. The van der Waals surface area contributed by atoms with Gasteiger partial charge in [0.15, 0.2) is 23.1 Å². The Balaban J connectivity index is 0.829. The van der Waals surface area contributed by atoms with Crippen LogP contribution in [0, 0.1) is 23.7 Å². The second-order valence-electron chi connectivity index (χ2n) is 25.6. The Labute approximate surface area is 489 Å². The van der Waals surface area contributed by atoms with E-state index in [4.69, 9.17) is 47.4 Å². The quantitative estimate of drug-likeness (QED) is 0.0730. The first-order valence-corrected chi connectivity index (χ1v) is 30.2. The van der Waals surface area contributed by atoms with E-state index in [1.165, 1.54) is 0 Å². The summed E-state index contributed by atoms with van der Waals surface area (Å²) in [6.45, 7) is 26.1. The average molecular weight is 1120 g/mol. The van der Waals surface area contributed by atoms with Crippen LogP contribution in [0.3, 0.4) is 0 Å². The second-order valence-corrected chi connectivity index (χ2v) is 25.6. The molecule has 0 saturated carbocycles. The van der Waals surface area contributed by atoms with Crippen molar-refractivity contribution >= 4 is 0 Å². The van der Waals surface area contributed by atoms with E-state index in [0.717, 1.165) is 33.4 Å². The van der Waals surface area contributed by atoms with Gasteiger partial charge in [-0.3, -0.25) is 0 Å². The van der Waals surface area contributed by atoms with Crippen LogP contribution in [0.1, 0.15) is 142 Å². The van der Waals surface area contributed by atoms with Gasteiger partial charge in [-0.15, -0.1) is 0 Å². The van der Waals surface area contributed by atoms with Crippen molar-refractivity contribution in [1.82, 2.24) is 0 Å². The molecule has 6 aromatic carbocycles. The summed E-state index contributed by atoms with van der Waals surface area (Å²) in [5.74, 6) is -3.66. The molecular weight excluding hydrogens is 1020 g/mol. The average Bonchev–Trinajstić information content (AvgIpc) is 3.50. The van der Waals surface area contributed by atoms with E-state index in [9.17, 15) is 0 Å². The molecule has 10 heteroatoms. The van der Waals surface area contributed by atoms with Gasteiger partial charge in [0.2, 0.25) is 0 Å². The van der Waals surface area contributed by atoms with E-state index in [2.05, 4.69) is 210 Å². The van der Waals surface area contributed by atoms with Gasteiger partial charge >= 0.3 is 0 Å². The van der Waals surface area contributed by atoms with Crippen molar-refractivity contribution in [2.24, 2.45) is 23.7 Å². The van der Waals surface area contributed by atoms with Crippen molar-refractivity contribution in [2.75, 3.05) is 13.2 Å². The van der Waals surface area contributed by atoms with Crippen LogP contribution in [0.4, 0.5) is 0 Å². The Morgan fingerprint density at radius 2 is 0.732 bits per heavy atom. The largest absolute Gasteiger partial charge is 0.361 e. The van der Waals surface area contributed by atoms with Crippen LogP contribution in [0.25, 0.3) is 0 Å². The topological polar surface area (TPSA) is 92.3 Å². The van der Waals surface area contributed by atoms with Gasteiger partial charge in [-0.05, 0) is 95.2 Å². The molecule has 0 unspecified atom stereocenters. The Kier molecular flexibility index (Phi) is 18.2. The minimum absolute atomic E-state index is 0.0313. The molecule has 10 rings (SSSR count). The zero-order valence-corrected chi connectivity index (χ0v) is 50.6. The van der Waals surface area contributed by atoms with Crippen LogP contribution in [-0.4, -0.2) is 85.2 Å². The molecule has 0 aliphatic carbocycles. The van der Waals surface area contributed by atoms with Crippen LogP contribution in [0.15, 0.2) is 182 Å². The molecule has 4 saturated heterocycles. The summed E-state index contributed by atoms with van der Waals surface area (Å²) in [5, 5.41) is 0. The molecular formula is C72H90O10. The van der Waals surface area contributed by atoms with Crippen molar-refractivity contribution in [3.63, 3.8) is 0 Å². The van der Waals surface area contributed by atoms with Crippen molar-refractivity contribution in [3.05, 3.63) is 215 Å². The SMILES string of the molecule is C[C@@H]1[C@@H]([C@@H](C)[C@H]2C[C@@H](C[C@H]3C[C@@H](CCOC(c4ccccc4)(c4ccccc4)c4ccccc4)OC(C)(C)O3)OC(C)(C)O2)OC(C)(C)O[C@H]1[C@H]1OC(C)(C)O[C@@H]([C@H](C)COC(c2ccccc2)(c2ccccc2)c2ccccc2)[C@H]1C. The van der Waals surface area contributed by atoms with E-state index in [-0.39, 0.29) is 72.5 Å². The Bertz CT molecular complexity index is 2730. The Morgan fingerprint density at radius 3 is 1.15 bits per heavy atom. The highest BCUT2D eigenvalue weighted by Gasteiger charge is 2.55. The molecule has 4 aliphatic heterocycles. The molecule has 0 N–H and O–H groups in total. The molecule has 0 bridgehead atoms. The van der Waals surface area contributed by atoms with Gasteiger partial charge in [0, 0.05) is 42.9 Å². The zero-order valence-electron chi connectivity index (χ0n) is 50.6. The predicted molar refractivity (Wildman–Crippen MR) is 321 cm³/mol. The molecule has 6 aromatic rings. The fourth-order valence-corrected chi connectivity index (χ4v) is 14.0. The molecule has 4 aliphatic rings. The lowest BCUT2D eigenvalue weighted by Crippen LogP contribution is -2.64. The predicted octanol–water partition coefficient (Wildman–Crippen LogP) is 15.2. The summed E-state index contributed by atoms with van der Waals surface area (Å²) in [7, 11) is 0. The van der Waals surface area contributed by atoms with Gasteiger partial charge in [-0.2, -0.15) is 0 Å². The van der Waals surface area contributed by atoms with Crippen molar-refractivity contribution < 1.29 is 47.4 Å². The third-order valence-electron chi connectivity index (χ3n) is 17.5. The molecule has 0 radical (unpaired) electrons. The third-order valence-corrected chi connectivity index (χ3v) is 17.5. The highest BCUT2D eigenvalue weighted by atomic mass is 16.8. The van der Waals surface area contributed by atoms with Gasteiger partial charge in [0.25, 0.3) is 0 Å². The van der Waals surface area contributed by atoms with Gasteiger partial charge in [-0.25, -0.2) is 0 Å². The maximum atomic E-state index is 7.41. The Hall–Kier alpha value is -5.08. The lowest BCUT2D eigenvalue weighted by Gasteiger charge is -2.55. The summed E-state index contributed by atoms with van der Waals surface area (Å²) in [5.41, 5.74) is 4.75. The van der Waals surface area contributed by atoms with Gasteiger partial charge in [0.05, 0.1) is 62.0 Å². The summed E-state index contributed by atoms with van der Waals surface area (Å²) in [6, 6.07) is 63.3. The van der Waals surface area contributed by atoms with Crippen molar-refractivity contribution in [2.45, 2.75) is 192 Å². The molecule has 82 heavy (non-hydrogen) atoms. The van der Waals surface area contributed by atoms with Gasteiger partial charge < -0.3 is 47.4 Å². The van der Waals surface area contributed by atoms with Crippen LogP contribution < -0.4 is 0 Å². The lowest BCUT2D eigenvalue weighted by atomic mass is 9.76. The minimum atomic E-state index is -0.907. The molecule has 12 atom stereocenters. The highest BCUT2D eigenvalue weighted by Crippen LogP contribution is 2.48. The van der Waals surface area contributed by atoms with Gasteiger partial charge in [-0.1, -0.05) is 210 Å². The second kappa shape index (κ2) is 24.9. The monoisotopic (exact) mass is 1110 g/mol. The standard InChI is InChI=1S/C72H90O10/c1-49(48-74-72(56-37-25-16-26-38-56,57-39-27-17-28-40-57)58-41-29-18-30-42-58)63-51(3)65(81-69(9,10)79-63)66-52(4)64(80-70(11,12)82-66)50(2)62-47-61(77-68(7,8)78-62)46-60-45-59(75-67(5,6)76-60)43-44-73-71(53-31-19-13-20-32-53,54-33-21-14-22-34-54)55-35-23-15-24-36-55/h13-42,49-52,59-66H,43-48H2,1-12H3/t49-,50+,51-,52-,59-,60-,61-,62-,63+,64-,65+,66-/m1/s1. The maximum Gasteiger partial charge on any atom is 0.163 e. The number of rotatable bonds is 19. The number of hydrogen-bond acceptors (Lipinski definition) is 10. The smallest absolute Gasteiger partial charge is 0.163 e. The van der Waals surface area contributed by atoms with Crippen LogP contribution in [0.5, 0.6) is 0 Å². The lowest BCUT2D eigenvalue weighted by molar-refractivity contribution is -0.394. The van der Waals surface area contributed by atoms with Crippen LogP contribution in [-0.2, 0) is 58.6 Å². The fourth-order valence-electron chi connectivity index (χ4n) is 14.0. The normalized spacial score (nSPS) is 28.8. The van der Waals surface area contributed by atoms with Crippen molar-refractivity contribution in [3.8, 4) is 0 Å². The van der Waals surface area contributed by atoms with E-state index in [1.54, 1.807) is 0 Å². The zero-order chi connectivity index (χ0) is 57.9. The van der Waals surface area contributed by atoms with Crippen molar-refractivity contribution in [1.29, 1.82) is 0 Å². The first-order valence-electron chi connectivity index (χ1n) is 30.2. The van der Waals surface area contributed by atoms with Crippen LogP contribution in [0.2, 0.25) is 0 Å². The fraction of sp³-hybridized carbons (Fsp3) is 0.500. The molecule has 10 nitrogen and oxygen atoms in total. The third kappa shape index (κ3) is 13.2. The Morgan fingerprint density at radius 1 is 0.402 bits per heavy atom. The van der Waals surface area contributed by atoms with Gasteiger partial charge in [0.1, 0.15) is 11.2 Å².